The van der Waals surface area contributed by atoms with Crippen LogP contribution in [0.25, 0.3) is 16.9 Å². The van der Waals surface area contributed by atoms with E-state index in [0.29, 0.717) is 23.5 Å². The van der Waals surface area contributed by atoms with Crippen LogP contribution >= 0.6 is 27.5 Å². The van der Waals surface area contributed by atoms with Crippen molar-refractivity contribution in [2.45, 2.75) is 26.2 Å². The average Bonchev–Trinajstić information content (AvgIpc) is 3.52. The number of likely N-dealkylation sites (tertiary alicyclic amines) is 1. The molecule has 2 atom stereocenters. The Balaban J connectivity index is 1.20. The Morgan fingerprint density at radius 3 is 2.85 bits per heavy atom. The molecule has 2 aliphatic rings. The van der Waals surface area contributed by atoms with Crippen LogP contribution < -0.4 is 5.32 Å². The van der Waals surface area contributed by atoms with Gasteiger partial charge >= 0.3 is 5.97 Å². The van der Waals surface area contributed by atoms with Gasteiger partial charge in [0, 0.05) is 29.7 Å². The van der Waals surface area contributed by atoms with Crippen LogP contribution in [0, 0.1) is 17.8 Å². The molecule has 3 heterocycles. The van der Waals surface area contributed by atoms with Crippen LogP contribution in [0.4, 0.5) is 5.82 Å². The molecule has 1 aliphatic carbocycles. The Morgan fingerprint density at radius 1 is 1.29 bits per heavy atom. The molecule has 3 aromatic rings. The van der Waals surface area contributed by atoms with Crippen LogP contribution in [0.5, 0.6) is 0 Å². The fourth-order valence-corrected chi connectivity index (χ4v) is 5.39. The average molecular weight is 547 g/mol. The quantitative estimate of drug-likeness (QED) is 0.395. The molecule has 0 bridgehead atoms. The van der Waals surface area contributed by atoms with E-state index < -0.39 is 0 Å². The van der Waals surface area contributed by atoms with Gasteiger partial charge in [0.2, 0.25) is 0 Å². The molecular formula is C25H29BrClN5O2. The summed E-state index contributed by atoms with van der Waals surface area (Å²) in [5, 5.41) is 8.79. The molecule has 1 aliphatic heterocycles. The third kappa shape index (κ3) is 5.09. The Kier molecular flexibility index (Phi) is 7.09. The van der Waals surface area contributed by atoms with Crippen molar-refractivity contribution in [2.75, 3.05) is 38.1 Å². The van der Waals surface area contributed by atoms with Crippen LogP contribution in [0.3, 0.4) is 0 Å². The highest BCUT2D eigenvalue weighted by molar-refractivity contribution is 9.10. The zero-order valence-corrected chi connectivity index (χ0v) is 21.6. The second kappa shape index (κ2) is 10.2. The van der Waals surface area contributed by atoms with Gasteiger partial charge in [0.15, 0.2) is 5.65 Å². The third-order valence-corrected chi connectivity index (χ3v) is 7.75. The lowest BCUT2D eigenvalue weighted by Crippen LogP contribution is -2.37. The number of esters is 1. The van der Waals surface area contributed by atoms with Crippen molar-refractivity contribution in [3.8, 4) is 11.3 Å². The van der Waals surface area contributed by atoms with Crippen molar-refractivity contribution in [3.63, 3.8) is 0 Å². The number of carbonyl (C=O) groups is 1. The normalized spacial score (nSPS) is 21.0. The standard InChI is InChI=1S/C25H29BrClN5O2/c1-2-34-25(33)19-11-17(19)15-31-9-7-16(8-10-31)13-28-23-12-22(18-5-3-4-6-21(18)27)30-24-20(26)14-29-32(23)24/h3-6,12,14,16-17,19,28H,2,7-11,13,15H2,1H3. The van der Waals surface area contributed by atoms with E-state index in [0.717, 1.165) is 72.6 Å². The van der Waals surface area contributed by atoms with Crippen LogP contribution in [0.2, 0.25) is 5.02 Å². The zero-order valence-electron chi connectivity index (χ0n) is 19.2. The number of carbonyl (C=O) groups excluding carboxylic acids is 1. The number of hydrogen-bond donors (Lipinski definition) is 1. The maximum Gasteiger partial charge on any atom is 0.309 e. The monoisotopic (exact) mass is 545 g/mol. The predicted octanol–water partition coefficient (Wildman–Crippen LogP) is 5.14. The van der Waals surface area contributed by atoms with E-state index in [2.05, 4.69) is 31.2 Å². The minimum atomic E-state index is -0.0170. The molecule has 1 saturated carbocycles. The lowest BCUT2D eigenvalue weighted by atomic mass is 9.96. The summed E-state index contributed by atoms with van der Waals surface area (Å²) in [5.41, 5.74) is 2.48. The van der Waals surface area contributed by atoms with Crippen LogP contribution in [0.15, 0.2) is 41.0 Å². The summed E-state index contributed by atoms with van der Waals surface area (Å²) >= 11 is 10.0. The molecule has 7 nitrogen and oxygen atoms in total. The van der Waals surface area contributed by atoms with E-state index in [4.69, 9.17) is 21.3 Å². The van der Waals surface area contributed by atoms with Gasteiger partial charge in [-0.15, -0.1) is 0 Å². The molecule has 5 rings (SSSR count). The Morgan fingerprint density at radius 2 is 2.09 bits per heavy atom. The lowest BCUT2D eigenvalue weighted by Gasteiger charge is -2.32. The van der Waals surface area contributed by atoms with Gasteiger partial charge in [-0.3, -0.25) is 4.79 Å². The van der Waals surface area contributed by atoms with Gasteiger partial charge in [0.25, 0.3) is 0 Å². The highest BCUT2D eigenvalue weighted by Crippen LogP contribution is 2.40. The molecule has 1 saturated heterocycles. The van der Waals surface area contributed by atoms with Crippen LogP contribution in [0.1, 0.15) is 26.2 Å². The summed E-state index contributed by atoms with van der Waals surface area (Å²) in [4.78, 5) is 19.2. The number of hydrogen-bond acceptors (Lipinski definition) is 6. The number of benzene rings is 1. The van der Waals surface area contributed by atoms with Crippen molar-refractivity contribution in [2.24, 2.45) is 17.8 Å². The van der Waals surface area contributed by atoms with Crippen LogP contribution in [-0.2, 0) is 9.53 Å². The van der Waals surface area contributed by atoms with Crippen molar-refractivity contribution in [1.82, 2.24) is 19.5 Å². The SMILES string of the molecule is CCOC(=O)C1CC1CN1CCC(CNc2cc(-c3ccccc3Cl)nc3c(Br)cnn23)CC1. The summed E-state index contributed by atoms with van der Waals surface area (Å²) < 4.78 is 7.85. The van der Waals surface area contributed by atoms with Gasteiger partial charge in [-0.2, -0.15) is 9.61 Å². The predicted molar refractivity (Wildman–Crippen MR) is 137 cm³/mol. The molecule has 0 amide bonds. The number of rotatable bonds is 8. The number of nitrogens with zero attached hydrogens (tertiary/aromatic N) is 4. The summed E-state index contributed by atoms with van der Waals surface area (Å²) in [6.07, 6.45) is 5.02. The molecule has 2 unspecified atom stereocenters. The Hall–Kier alpha value is -2.16. The topological polar surface area (TPSA) is 71.8 Å². The smallest absolute Gasteiger partial charge is 0.309 e. The summed E-state index contributed by atoms with van der Waals surface area (Å²) in [6, 6.07) is 9.77. The minimum absolute atomic E-state index is 0.0170. The number of fused-ring (bicyclic) bond motifs is 1. The van der Waals surface area contributed by atoms with Crippen molar-refractivity contribution >= 4 is 45.0 Å². The van der Waals surface area contributed by atoms with Gasteiger partial charge in [-0.25, -0.2) is 4.98 Å². The highest BCUT2D eigenvalue weighted by Gasteiger charge is 2.45. The Labute approximate surface area is 213 Å². The summed E-state index contributed by atoms with van der Waals surface area (Å²) in [6.45, 7) is 6.37. The zero-order chi connectivity index (χ0) is 23.7. The second-order valence-electron chi connectivity index (χ2n) is 9.21. The first-order chi connectivity index (χ1) is 16.5. The fourth-order valence-electron chi connectivity index (χ4n) is 4.81. The van der Waals surface area contributed by atoms with E-state index in [1.54, 1.807) is 6.20 Å². The lowest BCUT2D eigenvalue weighted by molar-refractivity contribution is -0.145. The van der Waals surface area contributed by atoms with E-state index in [9.17, 15) is 4.79 Å². The maximum atomic E-state index is 11.9. The van der Waals surface area contributed by atoms with Gasteiger partial charge in [0.1, 0.15) is 5.82 Å². The molecule has 1 aromatic carbocycles. The van der Waals surface area contributed by atoms with Gasteiger partial charge in [-0.05, 0) is 73.1 Å². The minimum Gasteiger partial charge on any atom is -0.466 e. The first-order valence-corrected chi connectivity index (χ1v) is 13.1. The summed E-state index contributed by atoms with van der Waals surface area (Å²) in [7, 11) is 0. The van der Waals surface area contributed by atoms with Crippen molar-refractivity contribution < 1.29 is 9.53 Å². The number of halogens is 2. The number of piperidine rings is 1. The number of nitrogens with one attached hydrogen (secondary N) is 1. The van der Waals surface area contributed by atoms with E-state index in [1.807, 2.05) is 41.8 Å². The molecular weight excluding hydrogens is 518 g/mol. The van der Waals surface area contributed by atoms with Crippen LogP contribution in [-0.4, -0.2) is 58.3 Å². The van der Waals surface area contributed by atoms with Gasteiger partial charge in [0.05, 0.1) is 28.9 Å². The fraction of sp³-hybridized carbons (Fsp3) is 0.480. The van der Waals surface area contributed by atoms with Crippen molar-refractivity contribution in [1.29, 1.82) is 0 Å². The molecule has 2 fully saturated rings. The van der Waals surface area contributed by atoms with Gasteiger partial charge < -0.3 is 15.0 Å². The molecule has 0 spiro atoms. The third-order valence-electron chi connectivity index (χ3n) is 6.86. The van der Waals surface area contributed by atoms with Crippen molar-refractivity contribution in [3.05, 3.63) is 46.0 Å². The largest absolute Gasteiger partial charge is 0.466 e. The number of anilines is 1. The van der Waals surface area contributed by atoms with Gasteiger partial charge in [-0.1, -0.05) is 29.8 Å². The molecule has 2 aromatic heterocycles. The first kappa shape index (κ1) is 23.6. The van der Waals surface area contributed by atoms with E-state index in [1.165, 1.54) is 0 Å². The molecule has 1 N–H and O–H groups in total. The number of ether oxygens (including phenoxy) is 1. The maximum absolute atomic E-state index is 11.9. The first-order valence-electron chi connectivity index (χ1n) is 12.0. The number of aromatic nitrogens is 3. The van der Waals surface area contributed by atoms with E-state index in [-0.39, 0.29) is 11.9 Å². The van der Waals surface area contributed by atoms with E-state index >= 15 is 0 Å². The molecule has 34 heavy (non-hydrogen) atoms. The molecule has 180 valence electrons. The molecule has 0 radical (unpaired) electrons. The second-order valence-corrected chi connectivity index (χ2v) is 10.5. The highest BCUT2D eigenvalue weighted by atomic mass is 79.9. The molecule has 9 heteroatoms. The summed E-state index contributed by atoms with van der Waals surface area (Å²) in [5.74, 6) is 2.07. The Bertz CT molecular complexity index is 1180.